The maximum Gasteiger partial charge on any atom is 0.416 e. The molecule has 0 aromatic heterocycles. The van der Waals surface area contributed by atoms with Gasteiger partial charge in [-0.25, -0.2) is 4.39 Å². The highest BCUT2D eigenvalue weighted by Crippen LogP contribution is 2.32. The van der Waals surface area contributed by atoms with Crippen LogP contribution in [-0.2, 0) is 6.18 Å². The van der Waals surface area contributed by atoms with Crippen LogP contribution in [0.3, 0.4) is 0 Å². The van der Waals surface area contributed by atoms with E-state index in [1.807, 2.05) is 0 Å². The van der Waals surface area contributed by atoms with Crippen molar-refractivity contribution in [3.05, 3.63) is 66.0 Å². The molecule has 0 bridgehead atoms. The Morgan fingerprint density at radius 1 is 1.00 bits per heavy atom. The van der Waals surface area contributed by atoms with E-state index in [1.54, 1.807) is 6.07 Å². The molecule has 0 N–H and O–H groups in total. The summed E-state index contributed by atoms with van der Waals surface area (Å²) < 4.78 is 56.0. The van der Waals surface area contributed by atoms with Crippen LogP contribution >= 0.6 is 0 Å². The van der Waals surface area contributed by atoms with Gasteiger partial charge < -0.3 is 4.74 Å². The van der Waals surface area contributed by atoms with Gasteiger partial charge in [-0.2, -0.15) is 13.2 Å². The number of hydrogen-bond donors (Lipinski definition) is 0. The highest BCUT2D eigenvalue weighted by Gasteiger charge is 2.30. The zero-order chi connectivity index (χ0) is 14.8. The van der Waals surface area contributed by atoms with Gasteiger partial charge in [-0.1, -0.05) is 18.7 Å². The smallest absolute Gasteiger partial charge is 0.416 e. The Kier molecular flexibility index (Phi) is 3.79. The number of alkyl halides is 3. The van der Waals surface area contributed by atoms with Crippen LogP contribution in [0.2, 0.25) is 0 Å². The molecular formula is C15H10F4O. The Balaban J connectivity index is 2.20. The predicted molar refractivity (Wildman–Crippen MR) is 68.0 cm³/mol. The van der Waals surface area contributed by atoms with E-state index in [0.717, 1.165) is 24.3 Å². The number of halogens is 4. The summed E-state index contributed by atoms with van der Waals surface area (Å²) in [7, 11) is 0. The molecule has 0 amide bonds. The maximum atomic E-state index is 13.6. The average molecular weight is 282 g/mol. The van der Waals surface area contributed by atoms with Crippen LogP contribution < -0.4 is 4.74 Å². The predicted octanol–water partition coefficient (Wildman–Crippen LogP) is 5.28. The zero-order valence-electron chi connectivity index (χ0n) is 10.2. The first-order valence-corrected chi connectivity index (χ1v) is 5.67. The van der Waals surface area contributed by atoms with E-state index in [9.17, 15) is 17.6 Å². The monoisotopic (exact) mass is 282 g/mol. The Labute approximate surface area is 113 Å². The van der Waals surface area contributed by atoms with Crippen molar-refractivity contribution in [2.45, 2.75) is 6.18 Å². The summed E-state index contributed by atoms with van der Waals surface area (Å²) in [5, 5.41) is 0. The molecule has 0 heterocycles. The largest absolute Gasteiger partial charge is 0.454 e. The molecule has 20 heavy (non-hydrogen) atoms. The van der Waals surface area contributed by atoms with Crippen molar-refractivity contribution in [2.75, 3.05) is 0 Å². The molecule has 5 heteroatoms. The van der Waals surface area contributed by atoms with E-state index in [4.69, 9.17) is 4.74 Å². The summed E-state index contributed by atoms with van der Waals surface area (Å²) in [5.41, 5.74) is -0.199. The van der Waals surface area contributed by atoms with Crippen molar-refractivity contribution >= 4 is 6.08 Å². The molecule has 1 nitrogen and oxygen atoms in total. The summed E-state index contributed by atoms with van der Waals surface area (Å²) in [6, 6.07) is 8.26. The van der Waals surface area contributed by atoms with Gasteiger partial charge in [0.15, 0.2) is 11.6 Å². The minimum atomic E-state index is -4.41. The highest BCUT2D eigenvalue weighted by atomic mass is 19.4. The molecule has 2 rings (SSSR count). The molecule has 0 saturated carbocycles. The van der Waals surface area contributed by atoms with Crippen LogP contribution in [0.5, 0.6) is 11.5 Å². The summed E-state index contributed by atoms with van der Waals surface area (Å²) in [6.45, 7) is 3.50. The molecule has 0 aliphatic rings. The lowest BCUT2D eigenvalue weighted by Crippen LogP contribution is -2.04. The summed E-state index contributed by atoms with van der Waals surface area (Å²) >= 11 is 0. The van der Waals surface area contributed by atoms with E-state index in [0.29, 0.717) is 5.56 Å². The molecule has 0 saturated heterocycles. The Morgan fingerprint density at radius 3 is 2.15 bits per heavy atom. The van der Waals surface area contributed by atoms with Gasteiger partial charge in [-0.3, -0.25) is 0 Å². The lowest BCUT2D eigenvalue weighted by molar-refractivity contribution is -0.137. The normalized spacial score (nSPS) is 11.2. The first-order valence-electron chi connectivity index (χ1n) is 5.67. The molecule has 0 aliphatic heterocycles. The lowest BCUT2D eigenvalue weighted by Gasteiger charge is -2.09. The van der Waals surface area contributed by atoms with Gasteiger partial charge in [-0.05, 0) is 42.0 Å². The lowest BCUT2D eigenvalue weighted by atomic mass is 10.2. The second-order valence-electron chi connectivity index (χ2n) is 4.02. The summed E-state index contributed by atoms with van der Waals surface area (Å²) in [5.74, 6) is -0.541. The Bertz CT molecular complexity index is 615. The fraction of sp³-hybridized carbons (Fsp3) is 0.0667. The van der Waals surface area contributed by atoms with Crippen LogP contribution in [0.25, 0.3) is 6.08 Å². The quantitative estimate of drug-likeness (QED) is 0.696. The van der Waals surface area contributed by atoms with Crippen molar-refractivity contribution in [1.29, 1.82) is 0 Å². The minimum Gasteiger partial charge on any atom is -0.454 e. The number of benzene rings is 2. The van der Waals surface area contributed by atoms with E-state index in [-0.39, 0.29) is 11.5 Å². The van der Waals surface area contributed by atoms with Crippen molar-refractivity contribution < 1.29 is 22.3 Å². The van der Waals surface area contributed by atoms with Crippen molar-refractivity contribution in [3.63, 3.8) is 0 Å². The molecule has 0 atom stereocenters. The molecule has 2 aromatic carbocycles. The topological polar surface area (TPSA) is 9.23 Å². The third-order valence-electron chi connectivity index (χ3n) is 2.60. The summed E-state index contributed by atoms with van der Waals surface area (Å²) in [6.07, 6.45) is -2.93. The van der Waals surface area contributed by atoms with Gasteiger partial charge in [0.2, 0.25) is 0 Å². The Hall–Kier alpha value is -2.30. The fourth-order valence-corrected chi connectivity index (χ4v) is 1.57. The maximum absolute atomic E-state index is 13.6. The second kappa shape index (κ2) is 5.36. The van der Waals surface area contributed by atoms with Gasteiger partial charge in [0.05, 0.1) is 5.56 Å². The van der Waals surface area contributed by atoms with E-state index < -0.39 is 17.6 Å². The summed E-state index contributed by atoms with van der Waals surface area (Å²) in [4.78, 5) is 0. The first-order chi connectivity index (χ1) is 9.40. The first kappa shape index (κ1) is 14.1. The average Bonchev–Trinajstić information content (AvgIpc) is 2.40. The van der Waals surface area contributed by atoms with Crippen LogP contribution in [0.1, 0.15) is 11.1 Å². The van der Waals surface area contributed by atoms with Crippen molar-refractivity contribution in [2.24, 2.45) is 0 Å². The standard InChI is InChI=1S/C15H10F4O/c1-2-10-3-8-14(13(16)9-10)20-12-6-4-11(5-7-12)15(17,18)19/h2-9H,1H2. The number of hydrogen-bond acceptors (Lipinski definition) is 1. The Morgan fingerprint density at radius 2 is 1.65 bits per heavy atom. The molecule has 0 spiro atoms. The fourth-order valence-electron chi connectivity index (χ4n) is 1.57. The molecular weight excluding hydrogens is 272 g/mol. The molecule has 0 unspecified atom stereocenters. The van der Waals surface area contributed by atoms with E-state index in [2.05, 4.69) is 6.58 Å². The van der Waals surface area contributed by atoms with Crippen LogP contribution in [0, 0.1) is 5.82 Å². The SMILES string of the molecule is C=Cc1ccc(Oc2ccc(C(F)(F)F)cc2)c(F)c1. The van der Waals surface area contributed by atoms with Gasteiger partial charge >= 0.3 is 6.18 Å². The van der Waals surface area contributed by atoms with Crippen molar-refractivity contribution in [3.8, 4) is 11.5 Å². The third kappa shape index (κ3) is 3.17. The van der Waals surface area contributed by atoms with E-state index >= 15 is 0 Å². The minimum absolute atomic E-state index is 0.0599. The second-order valence-corrected chi connectivity index (χ2v) is 4.02. The van der Waals surface area contributed by atoms with Crippen LogP contribution in [0.4, 0.5) is 17.6 Å². The van der Waals surface area contributed by atoms with Gasteiger partial charge in [0, 0.05) is 0 Å². The van der Waals surface area contributed by atoms with Crippen LogP contribution in [0.15, 0.2) is 49.0 Å². The molecule has 0 fully saturated rings. The third-order valence-corrected chi connectivity index (χ3v) is 2.60. The molecule has 2 aromatic rings. The van der Waals surface area contributed by atoms with E-state index in [1.165, 1.54) is 18.2 Å². The highest BCUT2D eigenvalue weighted by molar-refractivity contribution is 5.49. The number of ether oxygens (including phenoxy) is 1. The van der Waals surface area contributed by atoms with Crippen molar-refractivity contribution in [1.82, 2.24) is 0 Å². The molecule has 0 radical (unpaired) electrons. The zero-order valence-corrected chi connectivity index (χ0v) is 10.2. The van der Waals surface area contributed by atoms with Gasteiger partial charge in [0.25, 0.3) is 0 Å². The number of rotatable bonds is 3. The molecule has 0 aliphatic carbocycles. The van der Waals surface area contributed by atoms with Crippen LogP contribution in [-0.4, -0.2) is 0 Å². The van der Waals surface area contributed by atoms with Gasteiger partial charge in [0.1, 0.15) is 5.75 Å². The molecule has 104 valence electrons. The van der Waals surface area contributed by atoms with Gasteiger partial charge in [-0.15, -0.1) is 0 Å².